The highest BCUT2D eigenvalue weighted by molar-refractivity contribution is 4.90. The molecule has 0 radical (unpaired) electrons. The molecule has 2 rings (SSSR count). The topological polar surface area (TPSA) is 15.3 Å². The second-order valence-corrected chi connectivity index (χ2v) is 7.31. The molecule has 0 aromatic rings. The number of nitrogens with one attached hydrogen (secondary N) is 1. The highest BCUT2D eigenvalue weighted by Crippen LogP contribution is 2.38. The Labute approximate surface area is 120 Å². The average molecular weight is 266 g/mol. The summed E-state index contributed by atoms with van der Waals surface area (Å²) in [6.45, 7) is 12.0. The third-order valence-electron chi connectivity index (χ3n) is 5.12. The maximum Gasteiger partial charge on any atom is 0.00530 e. The normalized spacial score (nSPS) is 23.2. The number of hydrogen-bond acceptors (Lipinski definition) is 2. The zero-order chi connectivity index (χ0) is 13.7. The Kier molecular flexibility index (Phi) is 5.70. The van der Waals surface area contributed by atoms with Gasteiger partial charge in [-0.25, -0.2) is 0 Å². The van der Waals surface area contributed by atoms with E-state index >= 15 is 0 Å². The molecule has 0 unspecified atom stereocenters. The smallest absolute Gasteiger partial charge is 0.00530 e. The Hall–Kier alpha value is -0.0800. The lowest BCUT2D eigenvalue weighted by Gasteiger charge is -2.43. The predicted molar refractivity (Wildman–Crippen MR) is 83.5 cm³/mol. The summed E-state index contributed by atoms with van der Waals surface area (Å²) in [6, 6.07) is 0.709. The first-order chi connectivity index (χ1) is 9.15. The molecule has 2 fully saturated rings. The van der Waals surface area contributed by atoms with Crippen molar-refractivity contribution in [3.8, 4) is 0 Å². The lowest BCUT2D eigenvalue weighted by Crippen LogP contribution is -2.48. The fraction of sp³-hybridized carbons (Fsp3) is 1.00. The Balaban J connectivity index is 1.94. The molecule has 2 aliphatic carbocycles. The third kappa shape index (κ3) is 4.75. The Morgan fingerprint density at radius 2 is 1.84 bits per heavy atom. The molecule has 0 aliphatic heterocycles. The van der Waals surface area contributed by atoms with Crippen LogP contribution in [0.5, 0.6) is 0 Å². The van der Waals surface area contributed by atoms with Gasteiger partial charge in [0.25, 0.3) is 0 Å². The van der Waals surface area contributed by atoms with Gasteiger partial charge in [-0.3, -0.25) is 0 Å². The van der Waals surface area contributed by atoms with Crippen LogP contribution in [0.15, 0.2) is 0 Å². The molecule has 0 amide bonds. The van der Waals surface area contributed by atoms with Crippen molar-refractivity contribution in [2.24, 2.45) is 11.3 Å². The van der Waals surface area contributed by atoms with Gasteiger partial charge >= 0.3 is 0 Å². The van der Waals surface area contributed by atoms with Gasteiger partial charge in [-0.2, -0.15) is 0 Å². The van der Waals surface area contributed by atoms with E-state index in [2.05, 4.69) is 31.0 Å². The fourth-order valence-electron chi connectivity index (χ4n) is 3.60. The Bertz CT molecular complexity index is 252. The van der Waals surface area contributed by atoms with Gasteiger partial charge in [-0.1, -0.05) is 26.2 Å². The molecule has 0 saturated heterocycles. The van der Waals surface area contributed by atoms with E-state index in [1.807, 2.05) is 0 Å². The second kappa shape index (κ2) is 7.08. The van der Waals surface area contributed by atoms with E-state index in [4.69, 9.17) is 0 Å². The van der Waals surface area contributed by atoms with Crippen molar-refractivity contribution < 1.29 is 0 Å². The van der Waals surface area contributed by atoms with Gasteiger partial charge in [0.15, 0.2) is 0 Å². The van der Waals surface area contributed by atoms with Crippen molar-refractivity contribution in [3.63, 3.8) is 0 Å². The SMILES string of the molecule is CCNCC1(CN(CC2CC2)C(C)C)CCCCC1. The summed E-state index contributed by atoms with van der Waals surface area (Å²) in [7, 11) is 0. The van der Waals surface area contributed by atoms with E-state index in [9.17, 15) is 0 Å². The van der Waals surface area contributed by atoms with Crippen LogP contribution in [0.25, 0.3) is 0 Å². The van der Waals surface area contributed by atoms with E-state index in [1.165, 1.54) is 64.6 Å². The van der Waals surface area contributed by atoms with Gasteiger partial charge in [0.05, 0.1) is 0 Å². The van der Waals surface area contributed by atoms with Crippen molar-refractivity contribution in [1.29, 1.82) is 0 Å². The molecule has 0 aromatic heterocycles. The molecule has 0 heterocycles. The molecule has 2 aliphatic rings. The summed E-state index contributed by atoms with van der Waals surface area (Å²) in [5.41, 5.74) is 0.563. The molecule has 112 valence electrons. The van der Waals surface area contributed by atoms with Crippen molar-refractivity contribution in [2.45, 2.75) is 71.8 Å². The lowest BCUT2D eigenvalue weighted by atomic mass is 9.73. The lowest BCUT2D eigenvalue weighted by molar-refractivity contribution is 0.0805. The fourth-order valence-corrected chi connectivity index (χ4v) is 3.60. The maximum absolute atomic E-state index is 3.65. The molecular formula is C17H34N2. The molecule has 0 aromatic carbocycles. The molecule has 19 heavy (non-hydrogen) atoms. The number of hydrogen-bond donors (Lipinski definition) is 1. The van der Waals surface area contributed by atoms with Crippen LogP contribution in [-0.4, -0.2) is 37.1 Å². The highest BCUT2D eigenvalue weighted by atomic mass is 15.2. The molecule has 0 bridgehead atoms. The van der Waals surface area contributed by atoms with Crippen LogP contribution in [0.1, 0.15) is 65.7 Å². The summed E-state index contributed by atoms with van der Waals surface area (Å²) in [5, 5.41) is 3.65. The van der Waals surface area contributed by atoms with Crippen molar-refractivity contribution in [2.75, 3.05) is 26.2 Å². The van der Waals surface area contributed by atoms with Gasteiger partial charge in [0.1, 0.15) is 0 Å². The molecular weight excluding hydrogens is 232 g/mol. The summed E-state index contributed by atoms with van der Waals surface area (Å²) in [5.74, 6) is 1.02. The van der Waals surface area contributed by atoms with E-state index in [0.29, 0.717) is 11.5 Å². The first kappa shape index (κ1) is 15.3. The van der Waals surface area contributed by atoms with Crippen molar-refractivity contribution in [1.82, 2.24) is 10.2 Å². The Morgan fingerprint density at radius 1 is 1.16 bits per heavy atom. The average Bonchev–Trinajstić information content (AvgIpc) is 3.21. The number of rotatable bonds is 8. The van der Waals surface area contributed by atoms with Gasteiger partial charge in [0, 0.05) is 25.7 Å². The van der Waals surface area contributed by atoms with Crippen LogP contribution < -0.4 is 5.32 Å². The maximum atomic E-state index is 3.65. The number of nitrogens with zero attached hydrogens (tertiary/aromatic N) is 1. The van der Waals surface area contributed by atoms with Crippen LogP contribution >= 0.6 is 0 Å². The standard InChI is InChI=1S/C17H34N2/c1-4-18-13-17(10-6-5-7-11-17)14-19(15(2)3)12-16-8-9-16/h15-16,18H,4-14H2,1-3H3. The van der Waals surface area contributed by atoms with Gasteiger partial charge < -0.3 is 10.2 Å². The summed E-state index contributed by atoms with van der Waals surface area (Å²) >= 11 is 0. The quantitative estimate of drug-likeness (QED) is 0.721. The minimum atomic E-state index is 0.563. The van der Waals surface area contributed by atoms with E-state index in [0.717, 1.165) is 12.5 Å². The first-order valence-electron chi connectivity index (χ1n) is 8.60. The first-order valence-corrected chi connectivity index (χ1v) is 8.60. The van der Waals surface area contributed by atoms with Crippen LogP contribution in [-0.2, 0) is 0 Å². The molecule has 2 heteroatoms. The van der Waals surface area contributed by atoms with Gasteiger partial charge in [-0.05, 0) is 57.4 Å². The van der Waals surface area contributed by atoms with Crippen LogP contribution in [0.4, 0.5) is 0 Å². The van der Waals surface area contributed by atoms with Crippen LogP contribution in [0, 0.1) is 11.3 Å². The minimum absolute atomic E-state index is 0.563. The van der Waals surface area contributed by atoms with E-state index in [1.54, 1.807) is 0 Å². The molecule has 0 spiro atoms. The van der Waals surface area contributed by atoms with Crippen molar-refractivity contribution >= 4 is 0 Å². The van der Waals surface area contributed by atoms with Gasteiger partial charge in [-0.15, -0.1) is 0 Å². The zero-order valence-corrected chi connectivity index (χ0v) is 13.4. The molecule has 1 N–H and O–H groups in total. The summed E-state index contributed by atoms with van der Waals surface area (Å²) in [6.07, 6.45) is 10.2. The third-order valence-corrected chi connectivity index (χ3v) is 5.12. The highest BCUT2D eigenvalue weighted by Gasteiger charge is 2.35. The summed E-state index contributed by atoms with van der Waals surface area (Å²) in [4.78, 5) is 2.78. The van der Waals surface area contributed by atoms with Crippen LogP contribution in [0.2, 0.25) is 0 Å². The van der Waals surface area contributed by atoms with Crippen LogP contribution in [0.3, 0.4) is 0 Å². The zero-order valence-electron chi connectivity index (χ0n) is 13.4. The Morgan fingerprint density at radius 3 is 2.37 bits per heavy atom. The largest absolute Gasteiger partial charge is 0.316 e. The molecule has 2 saturated carbocycles. The predicted octanol–water partition coefficient (Wildman–Crippen LogP) is 3.67. The van der Waals surface area contributed by atoms with E-state index in [-0.39, 0.29) is 0 Å². The van der Waals surface area contributed by atoms with Crippen molar-refractivity contribution in [3.05, 3.63) is 0 Å². The van der Waals surface area contributed by atoms with E-state index < -0.39 is 0 Å². The summed E-state index contributed by atoms with van der Waals surface area (Å²) < 4.78 is 0. The monoisotopic (exact) mass is 266 g/mol. The molecule has 0 atom stereocenters. The minimum Gasteiger partial charge on any atom is -0.316 e. The second-order valence-electron chi connectivity index (χ2n) is 7.31. The molecule has 2 nitrogen and oxygen atoms in total. The van der Waals surface area contributed by atoms with Gasteiger partial charge in [0.2, 0.25) is 0 Å².